The van der Waals surface area contributed by atoms with Gasteiger partial charge in [0.2, 0.25) is 0 Å². The Balaban J connectivity index is 2.12. The summed E-state index contributed by atoms with van der Waals surface area (Å²) in [4.78, 5) is 4.20. The minimum absolute atomic E-state index is 0.0875. The number of aliphatic hydroxyl groups is 1. The highest BCUT2D eigenvalue weighted by molar-refractivity contribution is 5.67. The van der Waals surface area contributed by atoms with Gasteiger partial charge in [-0.15, -0.1) is 0 Å². The first-order valence-corrected chi connectivity index (χ1v) is 5.17. The molecule has 0 saturated heterocycles. The Labute approximate surface area is 94.9 Å². The number of hydrogen-bond acceptors (Lipinski definition) is 2. The summed E-state index contributed by atoms with van der Waals surface area (Å²) < 4.78 is 0. The van der Waals surface area contributed by atoms with Gasteiger partial charge in [-0.1, -0.05) is 36.4 Å². The van der Waals surface area contributed by atoms with Crippen molar-refractivity contribution in [2.45, 2.75) is 6.61 Å². The summed E-state index contributed by atoms with van der Waals surface area (Å²) in [5, 5.41) is 8.91. The molecule has 2 heteroatoms. The summed E-state index contributed by atoms with van der Waals surface area (Å²) in [6.45, 7) is 0.0875. The van der Waals surface area contributed by atoms with E-state index in [-0.39, 0.29) is 6.61 Å². The van der Waals surface area contributed by atoms with Gasteiger partial charge in [0, 0.05) is 6.20 Å². The second-order valence-corrected chi connectivity index (χ2v) is 3.49. The smallest absolute Gasteiger partial charge is 0.0681 e. The van der Waals surface area contributed by atoms with Crippen LogP contribution in [-0.2, 0) is 6.61 Å². The summed E-state index contributed by atoms with van der Waals surface area (Å²) in [6, 6.07) is 13.6. The van der Waals surface area contributed by atoms with Crippen molar-refractivity contribution in [2.75, 3.05) is 0 Å². The Bertz CT molecular complexity index is 460. The van der Waals surface area contributed by atoms with E-state index in [4.69, 9.17) is 5.11 Å². The van der Waals surface area contributed by atoms with E-state index >= 15 is 0 Å². The lowest BCUT2D eigenvalue weighted by Crippen LogP contribution is -1.82. The van der Waals surface area contributed by atoms with Crippen molar-refractivity contribution in [3.05, 3.63) is 65.5 Å². The van der Waals surface area contributed by atoms with Crippen molar-refractivity contribution >= 4 is 12.2 Å². The van der Waals surface area contributed by atoms with Crippen LogP contribution in [0.15, 0.2) is 48.7 Å². The second kappa shape index (κ2) is 5.24. The number of aliphatic hydroxyl groups excluding tert-OH is 1. The second-order valence-electron chi connectivity index (χ2n) is 3.49. The predicted molar refractivity (Wildman–Crippen MR) is 65.5 cm³/mol. The molecule has 2 rings (SSSR count). The Hall–Kier alpha value is -1.93. The van der Waals surface area contributed by atoms with E-state index in [9.17, 15) is 0 Å². The molecule has 0 unspecified atom stereocenters. The topological polar surface area (TPSA) is 33.1 Å². The molecule has 0 amide bonds. The fraction of sp³-hybridized carbons (Fsp3) is 0.0714. The lowest BCUT2D eigenvalue weighted by atomic mass is 10.1. The zero-order chi connectivity index (χ0) is 11.2. The van der Waals surface area contributed by atoms with Gasteiger partial charge in [0.1, 0.15) is 0 Å². The van der Waals surface area contributed by atoms with Crippen molar-refractivity contribution in [3.63, 3.8) is 0 Å². The quantitative estimate of drug-likeness (QED) is 0.846. The maximum absolute atomic E-state index is 8.91. The molecule has 80 valence electrons. The monoisotopic (exact) mass is 211 g/mol. The number of pyridine rings is 1. The molecule has 1 heterocycles. The fourth-order valence-electron chi connectivity index (χ4n) is 1.39. The van der Waals surface area contributed by atoms with Crippen LogP contribution in [0.2, 0.25) is 0 Å². The van der Waals surface area contributed by atoms with Gasteiger partial charge < -0.3 is 5.11 Å². The van der Waals surface area contributed by atoms with Crippen LogP contribution in [0.5, 0.6) is 0 Å². The number of aromatic nitrogens is 1. The standard InChI is InChI=1S/C14H13NO/c16-11-13-6-4-12(5-7-13)8-9-14-3-1-2-10-15-14/h1-10,16H,11H2/b9-8+. The molecule has 1 aromatic carbocycles. The third-order valence-corrected chi connectivity index (χ3v) is 2.30. The van der Waals surface area contributed by atoms with Gasteiger partial charge in [0.15, 0.2) is 0 Å². The molecule has 0 bridgehead atoms. The average Bonchev–Trinajstić information content (AvgIpc) is 2.38. The number of benzene rings is 1. The van der Waals surface area contributed by atoms with Crippen molar-refractivity contribution in [1.29, 1.82) is 0 Å². The van der Waals surface area contributed by atoms with Gasteiger partial charge in [-0.3, -0.25) is 4.98 Å². The molecule has 0 radical (unpaired) electrons. The van der Waals surface area contributed by atoms with Crippen LogP contribution in [0.25, 0.3) is 12.2 Å². The van der Waals surface area contributed by atoms with Gasteiger partial charge >= 0.3 is 0 Å². The minimum atomic E-state index is 0.0875. The lowest BCUT2D eigenvalue weighted by Gasteiger charge is -1.96. The van der Waals surface area contributed by atoms with Crippen molar-refractivity contribution < 1.29 is 5.11 Å². The first kappa shape index (κ1) is 10.6. The molecular weight excluding hydrogens is 198 g/mol. The fourth-order valence-corrected chi connectivity index (χ4v) is 1.39. The first-order valence-electron chi connectivity index (χ1n) is 5.17. The largest absolute Gasteiger partial charge is 0.392 e. The van der Waals surface area contributed by atoms with Crippen LogP contribution in [-0.4, -0.2) is 10.1 Å². The SMILES string of the molecule is OCc1ccc(/C=C/c2ccccn2)cc1. The molecule has 2 aromatic rings. The molecule has 0 fully saturated rings. The highest BCUT2D eigenvalue weighted by Crippen LogP contribution is 2.08. The van der Waals surface area contributed by atoms with Gasteiger partial charge in [-0.05, 0) is 29.3 Å². The molecule has 0 aliphatic rings. The van der Waals surface area contributed by atoms with E-state index in [0.29, 0.717) is 0 Å². The zero-order valence-electron chi connectivity index (χ0n) is 8.88. The third-order valence-electron chi connectivity index (χ3n) is 2.30. The Morgan fingerprint density at radius 2 is 1.81 bits per heavy atom. The Morgan fingerprint density at radius 3 is 2.44 bits per heavy atom. The van der Waals surface area contributed by atoms with E-state index in [1.165, 1.54) is 0 Å². The molecule has 0 aliphatic heterocycles. The molecule has 1 aromatic heterocycles. The summed E-state index contributed by atoms with van der Waals surface area (Å²) in [6.07, 6.45) is 5.74. The van der Waals surface area contributed by atoms with E-state index in [1.807, 2.05) is 54.6 Å². The molecule has 0 saturated carbocycles. The minimum Gasteiger partial charge on any atom is -0.392 e. The molecule has 0 spiro atoms. The number of hydrogen-bond donors (Lipinski definition) is 1. The molecule has 0 atom stereocenters. The maximum Gasteiger partial charge on any atom is 0.0681 e. The molecule has 0 aliphatic carbocycles. The van der Waals surface area contributed by atoms with Crippen molar-refractivity contribution in [2.24, 2.45) is 0 Å². The Morgan fingerprint density at radius 1 is 1.00 bits per heavy atom. The summed E-state index contributed by atoms with van der Waals surface area (Å²) >= 11 is 0. The van der Waals surface area contributed by atoms with E-state index < -0.39 is 0 Å². The molecule has 2 nitrogen and oxygen atoms in total. The number of rotatable bonds is 3. The Kier molecular flexibility index (Phi) is 3.46. The highest BCUT2D eigenvalue weighted by atomic mass is 16.3. The van der Waals surface area contributed by atoms with Gasteiger partial charge in [-0.25, -0.2) is 0 Å². The highest BCUT2D eigenvalue weighted by Gasteiger charge is 1.90. The summed E-state index contributed by atoms with van der Waals surface area (Å²) in [7, 11) is 0. The molecule has 1 N–H and O–H groups in total. The summed E-state index contributed by atoms with van der Waals surface area (Å²) in [5.74, 6) is 0. The first-order chi connectivity index (χ1) is 7.88. The summed E-state index contributed by atoms with van der Waals surface area (Å²) in [5.41, 5.74) is 2.96. The van der Waals surface area contributed by atoms with Crippen LogP contribution in [0.4, 0.5) is 0 Å². The number of nitrogens with zero attached hydrogens (tertiary/aromatic N) is 1. The van der Waals surface area contributed by atoms with Crippen LogP contribution < -0.4 is 0 Å². The van der Waals surface area contributed by atoms with Crippen LogP contribution in [0.3, 0.4) is 0 Å². The van der Waals surface area contributed by atoms with E-state index in [1.54, 1.807) is 6.20 Å². The van der Waals surface area contributed by atoms with Crippen molar-refractivity contribution in [1.82, 2.24) is 4.98 Å². The van der Waals surface area contributed by atoms with Gasteiger partial charge in [-0.2, -0.15) is 0 Å². The van der Waals surface area contributed by atoms with Crippen LogP contribution in [0, 0.1) is 0 Å². The van der Waals surface area contributed by atoms with Gasteiger partial charge in [0.25, 0.3) is 0 Å². The zero-order valence-corrected chi connectivity index (χ0v) is 8.88. The predicted octanol–water partition coefficient (Wildman–Crippen LogP) is 2.74. The van der Waals surface area contributed by atoms with Crippen LogP contribution >= 0.6 is 0 Å². The van der Waals surface area contributed by atoms with Crippen LogP contribution in [0.1, 0.15) is 16.8 Å². The van der Waals surface area contributed by atoms with E-state index in [2.05, 4.69) is 4.98 Å². The van der Waals surface area contributed by atoms with Crippen molar-refractivity contribution in [3.8, 4) is 0 Å². The molecule has 16 heavy (non-hydrogen) atoms. The maximum atomic E-state index is 8.91. The lowest BCUT2D eigenvalue weighted by molar-refractivity contribution is 0.282. The molecular formula is C14H13NO. The normalized spacial score (nSPS) is 10.8. The van der Waals surface area contributed by atoms with Gasteiger partial charge in [0.05, 0.1) is 12.3 Å². The average molecular weight is 211 g/mol. The van der Waals surface area contributed by atoms with E-state index in [0.717, 1.165) is 16.8 Å². The third kappa shape index (κ3) is 2.78.